The summed E-state index contributed by atoms with van der Waals surface area (Å²) in [5.41, 5.74) is 2.94. The van der Waals surface area contributed by atoms with Crippen LogP contribution < -0.4 is 5.32 Å². The quantitative estimate of drug-likeness (QED) is 0.436. The summed E-state index contributed by atoms with van der Waals surface area (Å²) in [4.78, 5) is 16.8. The first-order chi connectivity index (χ1) is 14.4. The second kappa shape index (κ2) is 8.28. The van der Waals surface area contributed by atoms with Gasteiger partial charge in [-0.15, -0.1) is 11.3 Å². The van der Waals surface area contributed by atoms with E-state index in [1.165, 1.54) is 23.5 Å². The van der Waals surface area contributed by atoms with Gasteiger partial charge in [-0.2, -0.15) is 13.2 Å². The number of halogens is 3. The predicted octanol–water partition coefficient (Wildman–Crippen LogP) is 5.84. The number of hydrogen-bond donors (Lipinski definition) is 1. The molecule has 152 valence electrons. The van der Waals surface area contributed by atoms with E-state index < -0.39 is 11.7 Å². The summed E-state index contributed by atoms with van der Waals surface area (Å²) >= 11 is 1.46. The van der Waals surface area contributed by atoms with E-state index >= 15 is 0 Å². The molecule has 0 spiro atoms. The normalized spacial score (nSPS) is 11.6. The Hall–Kier alpha value is -3.19. The summed E-state index contributed by atoms with van der Waals surface area (Å²) in [6.45, 7) is 0.167. The fourth-order valence-corrected chi connectivity index (χ4v) is 4.08. The lowest BCUT2D eigenvalue weighted by Crippen LogP contribution is -2.24. The highest BCUT2D eigenvalue weighted by Gasteiger charge is 2.29. The van der Waals surface area contributed by atoms with Crippen molar-refractivity contribution in [3.63, 3.8) is 0 Å². The van der Waals surface area contributed by atoms with Gasteiger partial charge in [-0.3, -0.25) is 4.79 Å². The predicted molar refractivity (Wildman–Crippen MR) is 112 cm³/mol. The van der Waals surface area contributed by atoms with Crippen LogP contribution in [0.1, 0.15) is 16.1 Å². The number of thiazole rings is 1. The molecule has 0 atom stereocenters. The third-order valence-electron chi connectivity index (χ3n) is 4.62. The Bertz CT molecular complexity index is 1170. The zero-order chi connectivity index (χ0) is 21.1. The van der Waals surface area contributed by atoms with Gasteiger partial charge in [-0.05, 0) is 41.0 Å². The highest BCUT2D eigenvalue weighted by molar-refractivity contribution is 7.18. The molecule has 30 heavy (non-hydrogen) atoms. The molecule has 0 radical (unpaired) electrons. The fourth-order valence-electron chi connectivity index (χ4n) is 3.07. The van der Waals surface area contributed by atoms with Crippen LogP contribution in [0.5, 0.6) is 0 Å². The minimum Gasteiger partial charge on any atom is -0.352 e. The van der Waals surface area contributed by atoms with Crippen molar-refractivity contribution < 1.29 is 18.0 Å². The van der Waals surface area contributed by atoms with Gasteiger partial charge in [0.05, 0.1) is 22.2 Å². The van der Waals surface area contributed by atoms with Crippen LogP contribution >= 0.6 is 11.3 Å². The standard InChI is InChI=1S/C23H17F3N2OS/c24-23(25,26)18-9-6-15(7-10-18)14-27-21(29)13-22-28-19-11-8-17(12-20(19)30-22)16-4-2-1-3-5-16/h1-12H,13-14H2,(H,27,29). The van der Waals surface area contributed by atoms with Gasteiger partial charge in [0.2, 0.25) is 5.91 Å². The monoisotopic (exact) mass is 426 g/mol. The first-order valence-electron chi connectivity index (χ1n) is 9.26. The van der Waals surface area contributed by atoms with Crippen LogP contribution in [0.3, 0.4) is 0 Å². The van der Waals surface area contributed by atoms with Crippen molar-refractivity contribution in [1.29, 1.82) is 0 Å². The highest BCUT2D eigenvalue weighted by atomic mass is 32.1. The summed E-state index contributed by atoms with van der Waals surface area (Å²) in [7, 11) is 0. The van der Waals surface area contributed by atoms with Crippen molar-refractivity contribution in [2.24, 2.45) is 0 Å². The van der Waals surface area contributed by atoms with Crippen LogP contribution in [-0.2, 0) is 23.9 Å². The molecule has 3 aromatic carbocycles. The van der Waals surface area contributed by atoms with Crippen molar-refractivity contribution in [3.8, 4) is 11.1 Å². The lowest BCUT2D eigenvalue weighted by atomic mass is 10.1. The van der Waals surface area contributed by atoms with E-state index in [0.717, 1.165) is 33.5 Å². The number of carbonyl (C=O) groups excluding carboxylic acids is 1. The van der Waals surface area contributed by atoms with E-state index in [1.54, 1.807) is 0 Å². The molecule has 1 amide bonds. The molecule has 7 heteroatoms. The Balaban J connectivity index is 1.39. The van der Waals surface area contributed by atoms with Crippen molar-refractivity contribution in [2.45, 2.75) is 19.1 Å². The molecule has 1 aromatic heterocycles. The van der Waals surface area contributed by atoms with E-state index in [4.69, 9.17) is 0 Å². The largest absolute Gasteiger partial charge is 0.416 e. The van der Waals surface area contributed by atoms with E-state index in [2.05, 4.69) is 16.4 Å². The lowest BCUT2D eigenvalue weighted by Gasteiger charge is -2.08. The average Bonchev–Trinajstić information content (AvgIpc) is 3.14. The molecule has 0 aliphatic carbocycles. The molecule has 0 fully saturated rings. The summed E-state index contributed by atoms with van der Waals surface area (Å²) in [5, 5.41) is 3.43. The van der Waals surface area contributed by atoms with E-state index in [9.17, 15) is 18.0 Å². The summed E-state index contributed by atoms with van der Waals surface area (Å²) < 4.78 is 38.8. The minimum absolute atomic E-state index is 0.126. The molecule has 4 rings (SSSR count). The third-order valence-corrected chi connectivity index (χ3v) is 5.64. The number of fused-ring (bicyclic) bond motifs is 1. The number of benzene rings is 3. The van der Waals surface area contributed by atoms with Gasteiger partial charge in [-0.25, -0.2) is 4.98 Å². The number of alkyl halides is 3. The van der Waals surface area contributed by atoms with E-state index in [1.807, 2.05) is 42.5 Å². The maximum absolute atomic E-state index is 12.6. The molecular weight excluding hydrogens is 409 g/mol. The molecule has 0 saturated heterocycles. The van der Waals surface area contributed by atoms with E-state index in [-0.39, 0.29) is 18.9 Å². The summed E-state index contributed by atoms with van der Waals surface area (Å²) in [6.07, 6.45) is -4.24. The number of nitrogens with one attached hydrogen (secondary N) is 1. The summed E-state index contributed by atoms with van der Waals surface area (Å²) in [6, 6.07) is 20.8. The first kappa shape index (κ1) is 20.1. The molecular formula is C23H17F3N2OS. The number of carbonyl (C=O) groups is 1. The Morgan fingerprint density at radius 3 is 2.37 bits per heavy atom. The maximum Gasteiger partial charge on any atom is 0.416 e. The van der Waals surface area contributed by atoms with Gasteiger partial charge >= 0.3 is 6.18 Å². The van der Waals surface area contributed by atoms with Crippen LogP contribution in [-0.4, -0.2) is 10.9 Å². The zero-order valence-electron chi connectivity index (χ0n) is 15.7. The molecule has 0 bridgehead atoms. The molecule has 1 N–H and O–H groups in total. The second-order valence-electron chi connectivity index (χ2n) is 6.80. The topological polar surface area (TPSA) is 42.0 Å². The van der Waals surface area contributed by atoms with Gasteiger partial charge < -0.3 is 5.32 Å². The lowest BCUT2D eigenvalue weighted by molar-refractivity contribution is -0.137. The molecule has 1 heterocycles. The summed E-state index contributed by atoms with van der Waals surface area (Å²) in [5.74, 6) is -0.225. The van der Waals surface area contributed by atoms with Gasteiger partial charge in [0, 0.05) is 6.54 Å². The van der Waals surface area contributed by atoms with Gasteiger partial charge in [0.25, 0.3) is 0 Å². The minimum atomic E-state index is -4.37. The van der Waals surface area contributed by atoms with Crippen molar-refractivity contribution in [1.82, 2.24) is 10.3 Å². The van der Waals surface area contributed by atoms with Crippen LogP contribution in [0, 0.1) is 0 Å². The maximum atomic E-state index is 12.6. The molecule has 0 aliphatic heterocycles. The van der Waals surface area contributed by atoms with Crippen LogP contribution in [0.2, 0.25) is 0 Å². The fraction of sp³-hybridized carbons (Fsp3) is 0.130. The van der Waals surface area contributed by atoms with Gasteiger partial charge in [0.1, 0.15) is 5.01 Å². The Kier molecular flexibility index (Phi) is 5.55. The van der Waals surface area contributed by atoms with Crippen molar-refractivity contribution in [3.05, 3.63) is 88.9 Å². The number of hydrogen-bond acceptors (Lipinski definition) is 3. The Morgan fingerprint density at radius 2 is 1.67 bits per heavy atom. The Morgan fingerprint density at radius 1 is 0.933 bits per heavy atom. The number of rotatable bonds is 5. The SMILES string of the molecule is O=C(Cc1nc2ccc(-c3ccccc3)cc2s1)NCc1ccc(C(F)(F)F)cc1. The number of nitrogens with zero attached hydrogens (tertiary/aromatic N) is 1. The first-order valence-corrected chi connectivity index (χ1v) is 10.1. The van der Waals surface area contributed by atoms with Crippen molar-refractivity contribution in [2.75, 3.05) is 0 Å². The molecule has 0 unspecified atom stereocenters. The second-order valence-corrected chi connectivity index (χ2v) is 7.92. The molecule has 0 saturated carbocycles. The van der Waals surface area contributed by atoms with Gasteiger partial charge in [0.15, 0.2) is 0 Å². The zero-order valence-corrected chi connectivity index (χ0v) is 16.6. The van der Waals surface area contributed by atoms with Gasteiger partial charge in [-0.1, -0.05) is 48.5 Å². The van der Waals surface area contributed by atoms with Crippen LogP contribution in [0.4, 0.5) is 13.2 Å². The average molecular weight is 426 g/mol. The Labute approximate surface area is 175 Å². The van der Waals surface area contributed by atoms with Crippen LogP contribution in [0.25, 0.3) is 21.3 Å². The molecule has 4 aromatic rings. The number of amides is 1. The third kappa shape index (κ3) is 4.68. The van der Waals surface area contributed by atoms with Crippen LogP contribution in [0.15, 0.2) is 72.8 Å². The number of aromatic nitrogens is 1. The smallest absolute Gasteiger partial charge is 0.352 e. The van der Waals surface area contributed by atoms with Crippen molar-refractivity contribution >= 4 is 27.5 Å². The molecule has 3 nitrogen and oxygen atoms in total. The highest BCUT2D eigenvalue weighted by Crippen LogP contribution is 2.30. The van der Waals surface area contributed by atoms with E-state index in [0.29, 0.717) is 10.6 Å². The molecule has 0 aliphatic rings.